The summed E-state index contributed by atoms with van der Waals surface area (Å²) in [6, 6.07) is 5.65. The van der Waals surface area contributed by atoms with Crippen molar-refractivity contribution in [3.8, 4) is 0 Å². The van der Waals surface area contributed by atoms with Gasteiger partial charge in [0.1, 0.15) is 11.6 Å². The molecule has 0 aliphatic carbocycles. The van der Waals surface area contributed by atoms with Gasteiger partial charge < -0.3 is 4.74 Å². The summed E-state index contributed by atoms with van der Waals surface area (Å²) in [7, 11) is 0. The van der Waals surface area contributed by atoms with Crippen molar-refractivity contribution in [2.45, 2.75) is 0 Å². The topological polar surface area (TPSA) is 77.5 Å². The van der Waals surface area contributed by atoms with Crippen LogP contribution in [0.4, 0.5) is 8.78 Å². The van der Waals surface area contributed by atoms with Crippen LogP contribution in [0.15, 0.2) is 36.4 Å². The normalized spacial score (nSPS) is 10.2. The first kappa shape index (κ1) is 18.7. The number of carbonyl (C=O) groups is 4. The summed E-state index contributed by atoms with van der Waals surface area (Å²) in [5, 5.41) is -0.0428. The number of benzene rings is 2. The highest BCUT2D eigenvalue weighted by Gasteiger charge is 2.29. The molecule has 2 rings (SSSR count). The van der Waals surface area contributed by atoms with E-state index in [-0.39, 0.29) is 10.0 Å². The number of hydrogen-bond donors (Lipinski definition) is 0. The van der Waals surface area contributed by atoms with Crippen LogP contribution in [0.5, 0.6) is 0 Å². The highest BCUT2D eigenvalue weighted by atomic mass is 35.5. The van der Waals surface area contributed by atoms with Crippen LogP contribution in [-0.2, 0) is 14.3 Å². The van der Waals surface area contributed by atoms with Crippen molar-refractivity contribution in [3.05, 3.63) is 69.2 Å². The molecule has 0 heterocycles. The van der Waals surface area contributed by atoms with Crippen LogP contribution in [-0.4, -0.2) is 23.5 Å². The Labute approximate surface area is 149 Å². The number of hydrogen-bond acceptors (Lipinski definition) is 5. The van der Waals surface area contributed by atoms with E-state index in [9.17, 15) is 28.0 Å². The molecule has 2 aromatic carbocycles. The monoisotopic (exact) mass is 386 g/mol. The zero-order valence-corrected chi connectivity index (χ0v) is 13.5. The zero-order valence-electron chi connectivity index (χ0n) is 12.0. The highest BCUT2D eigenvalue weighted by Crippen LogP contribution is 2.17. The molecule has 0 unspecified atom stereocenters. The minimum atomic E-state index is -1.80. The molecule has 0 saturated heterocycles. The lowest BCUT2D eigenvalue weighted by Gasteiger charge is -2.04. The van der Waals surface area contributed by atoms with Gasteiger partial charge in [0, 0.05) is 10.0 Å². The van der Waals surface area contributed by atoms with E-state index < -0.39 is 46.3 Å². The Bertz CT molecular complexity index is 838. The van der Waals surface area contributed by atoms with Crippen LogP contribution in [0.2, 0.25) is 10.0 Å². The van der Waals surface area contributed by atoms with E-state index in [1.54, 1.807) is 0 Å². The predicted octanol–water partition coefficient (Wildman–Crippen LogP) is 3.41. The molecule has 0 bridgehead atoms. The number of ketones is 2. The molecule has 0 spiro atoms. The molecule has 9 heteroatoms. The maximum atomic E-state index is 13.6. The van der Waals surface area contributed by atoms with Crippen molar-refractivity contribution in [3.63, 3.8) is 0 Å². The largest absolute Gasteiger partial charge is 0.387 e. The number of halogens is 4. The van der Waals surface area contributed by atoms with Crippen molar-refractivity contribution >= 4 is 46.7 Å². The fourth-order valence-electron chi connectivity index (χ4n) is 1.74. The quantitative estimate of drug-likeness (QED) is 0.348. The maximum Gasteiger partial charge on any atom is 0.387 e. The Morgan fingerprint density at radius 2 is 1.08 bits per heavy atom. The first-order valence-corrected chi connectivity index (χ1v) is 7.21. The van der Waals surface area contributed by atoms with Gasteiger partial charge in [-0.1, -0.05) is 23.2 Å². The molecule has 0 aliphatic rings. The molecule has 5 nitrogen and oxygen atoms in total. The van der Waals surface area contributed by atoms with Gasteiger partial charge in [-0.2, -0.15) is 0 Å². The van der Waals surface area contributed by atoms with E-state index in [1.807, 2.05) is 0 Å². The molecular formula is C16H6Cl2F2O5. The van der Waals surface area contributed by atoms with E-state index in [0.29, 0.717) is 0 Å². The second kappa shape index (κ2) is 7.50. The van der Waals surface area contributed by atoms with E-state index >= 15 is 0 Å². The number of Topliss-reactive ketones (excluding diaryl/α,β-unsaturated/α-hetero) is 2. The molecule has 0 aliphatic heterocycles. The third-order valence-corrected chi connectivity index (χ3v) is 3.38. The number of esters is 2. The fraction of sp³-hybridized carbons (Fsp3) is 0. The summed E-state index contributed by atoms with van der Waals surface area (Å²) in [5.41, 5.74) is -1.40. The van der Waals surface area contributed by atoms with Gasteiger partial charge >= 0.3 is 11.9 Å². The van der Waals surface area contributed by atoms with Crippen molar-refractivity contribution in [2.75, 3.05) is 0 Å². The van der Waals surface area contributed by atoms with Crippen molar-refractivity contribution in [1.29, 1.82) is 0 Å². The van der Waals surface area contributed by atoms with Crippen LogP contribution in [0.25, 0.3) is 0 Å². The van der Waals surface area contributed by atoms with Gasteiger partial charge in [-0.25, -0.2) is 18.4 Å². The summed E-state index contributed by atoms with van der Waals surface area (Å²) in [4.78, 5) is 46.8. The average molecular weight is 387 g/mol. The average Bonchev–Trinajstić information content (AvgIpc) is 2.53. The van der Waals surface area contributed by atoms with Crippen LogP contribution in [0.1, 0.15) is 20.7 Å². The Kier molecular flexibility index (Phi) is 5.61. The lowest BCUT2D eigenvalue weighted by Crippen LogP contribution is -2.27. The number of rotatable bonds is 4. The minimum Gasteiger partial charge on any atom is -0.381 e. The smallest absolute Gasteiger partial charge is 0.381 e. The summed E-state index contributed by atoms with van der Waals surface area (Å²) in [6.45, 7) is 0. The Morgan fingerprint density at radius 3 is 1.40 bits per heavy atom. The second-order valence-electron chi connectivity index (χ2n) is 4.58. The number of ether oxygens (including phenoxy) is 1. The Morgan fingerprint density at radius 1 is 0.720 bits per heavy atom. The first-order valence-electron chi connectivity index (χ1n) is 6.46. The zero-order chi connectivity index (χ0) is 18.7. The van der Waals surface area contributed by atoms with E-state index in [4.69, 9.17) is 23.2 Å². The van der Waals surface area contributed by atoms with Crippen molar-refractivity contribution < 1.29 is 32.7 Å². The van der Waals surface area contributed by atoms with Crippen molar-refractivity contribution in [2.24, 2.45) is 0 Å². The van der Waals surface area contributed by atoms with Crippen LogP contribution in [0, 0.1) is 11.6 Å². The lowest BCUT2D eigenvalue weighted by atomic mass is 10.1. The molecule has 0 radical (unpaired) electrons. The van der Waals surface area contributed by atoms with Crippen LogP contribution < -0.4 is 0 Å². The molecule has 0 N–H and O–H groups in total. The molecular weight excluding hydrogens is 381 g/mol. The molecule has 0 saturated carbocycles. The Balaban J connectivity index is 2.15. The van der Waals surface area contributed by atoms with Gasteiger partial charge in [0.15, 0.2) is 0 Å². The third kappa shape index (κ3) is 4.26. The Hall–Kier alpha value is -2.64. The van der Waals surface area contributed by atoms with Gasteiger partial charge in [0.2, 0.25) is 0 Å². The fourth-order valence-corrected chi connectivity index (χ4v) is 2.06. The van der Waals surface area contributed by atoms with Gasteiger partial charge in [0.25, 0.3) is 11.6 Å². The lowest BCUT2D eigenvalue weighted by molar-refractivity contribution is -0.152. The van der Waals surface area contributed by atoms with Gasteiger partial charge in [-0.05, 0) is 36.4 Å². The van der Waals surface area contributed by atoms with Gasteiger partial charge in [-0.3, -0.25) is 9.59 Å². The molecule has 25 heavy (non-hydrogen) atoms. The molecule has 0 amide bonds. The molecule has 0 fully saturated rings. The minimum absolute atomic E-state index is 0.0214. The molecule has 0 atom stereocenters. The summed E-state index contributed by atoms with van der Waals surface area (Å²) >= 11 is 11.0. The molecule has 0 aromatic heterocycles. The van der Waals surface area contributed by atoms with Gasteiger partial charge in [-0.15, -0.1) is 0 Å². The summed E-state index contributed by atoms with van der Waals surface area (Å²) in [5.74, 6) is -8.84. The SMILES string of the molecule is O=C(OC(=O)C(=O)c1ccc(Cl)cc1F)C(=O)c1ccc(Cl)cc1F. The van der Waals surface area contributed by atoms with Crippen LogP contribution in [0.3, 0.4) is 0 Å². The third-order valence-electron chi connectivity index (χ3n) is 2.91. The van der Waals surface area contributed by atoms with Gasteiger partial charge in [0.05, 0.1) is 11.1 Å². The highest BCUT2D eigenvalue weighted by molar-refractivity contribution is 6.48. The maximum absolute atomic E-state index is 13.6. The van der Waals surface area contributed by atoms with E-state index in [0.717, 1.165) is 36.4 Å². The number of carbonyl (C=O) groups excluding carboxylic acids is 4. The van der Waals surface area contributed by atoms with Crippen molar-refractivity contribution in [1.82, 2.24) is 0 Å². The van der Waals surface area contributed by atoms with E-state index in [2.05, 4.69) is 4.74 Å². The second-order valence-corrected chi connectivity index (χ2v) is 5.46. The van der Waals surface area contributed by atoms with Crippen LogP contribution >= 0.6 is 23.2 Å². The predicted molar refractivity (Wildman–Crippen MR) is 82.6 cm³/mol. The standard InChI is InChI=1S/C16H6Cl2F2O5/c17-7-1-3-9(11(19)5-7)13(21)15(23)25-16(24)14(22)10-4-2-8(18)6-12(10)20/h1-6H. The molecule has 128 valence electrons. The summed E-state index contributed by atoms with van der Waals surface area (Å²) in [6.07, 6.45) is 0. The molecule has 2 aromatic rings. The van der Waals surface area contributed by atoms with E-state index in [1.165, 1.54) is 0 Å². The summed E-state index contributed by atoms with van der Waals surface area (Å²) < 4.78 is 31.2. The first-order chi connectivity index (χ1) is 11.7.